The molecule has 1 aliphatic rings. The zero-order valence-electron chi connectivity index (χ0n) is 8.77. The number of nitrogens with zero attached hydrogens (tertiary/aromatic N) is 1. The SMILES string of the molecule is CN1CCCC(NC(=O)C=CC(=O)O)C1. The number of likely N-dealkylation sites (N-methyl/N-ethyl adjacent to an activating group) is 1. The fraction of sp³-hybridized carbons (Fsp3) is 0.600. The molecule has 84 valence electrons. The van der Waals surface area contributed by atoms with E-state index in [-0.39, 0.29) is 11.9 Å². The molecule has 1 rings (SSSR count). The average Bonchev–Trinajstić information content (AvgIpc) is 2.15. The lowest BCUT2D eigenvalue weighted by Crippen LogP contribution is -2.45. The van der Waals surface area contributed by atoms with Crippen LogP contribution in [-0.4, -0.2) is 48.1 Å². The van der Waals surface area contributed by atoms with Gasteiger partial charge in [-0.3, -0.25) is 4.79 Å². The second kappa shape index (κ2) is 5.50. The van der Waals surface area contributed by atoms with E-state index in [4.69, 9.17) is 5.11 Å². The molecular weight excluding hydrogens is 196 g/mol. The maximum absolute atomic E-state index is 11.2. The highest BCUT2D eigenvalue weighted by Gasteiger charge is 2.17. The highest BCUT2D eigenvalue weighted by Crippen LogP contribution is 2.07. The van der Waals surface area contributed by atoms with E-state index in [1.54, 1.807) is 0 Å². The first-order chi connectivity index (χ1) is 7.08. The Balaban J connectivity index is 2.34. The molecule has 0 aromatic carbocycles. The first-order valence-electron chi connectivity index (χ1n) is 4.98. The van der Waals surface area contributed by atoms with Crippen LogP contribution < -0.4 is 5.32 Å². The van der Waals surface area contributed by atoms with E-state index in [0.717, 1.165) is 38.1 Å². The fourth-order valence-corrected chi connectivity index (χ4v) is 1.68. The third kappa shape index (κ3) is 4.60. The number of piperidine rings is 1. The molecule has 1 amide bonds. The normalized spacial score (nSPS) is 22.9. The van der Waals surface area contributed by atoms with Crippen molar-refractivity contribution < 1.29 is 14.7 Å². The zero-order chi connectivity index (χ0) is 11.3. The first kappa shape index (κ1) is 11.7. The standard InChI is InChI=1S/C10H16N2O3/c1-12-6-2-3-8(7-12)11-9(13)4-5-10(14)15/h4-5,8H,2-3,6-7H2,1H3,(H,11,13)(H,14,15). The van der Waals surface area contributed by atoms with E-state index in [1.165, 1.54) is 0 Å². The van der Waals surface area contributed by atoms with Crippen molar-refractivity contribution in [3.8, 4) is 0 Å². The van der Waals surface area contributed by atoms with Gasteiger partial charge in [-0.25, -0.2) is 4.79 Å². The summed E-state index contributed by atoms with van der Waals surface area (Å²) < 4.78 is 0. The van der Waals surface area contributed by atoms with Crippen LogP contribution in [0.15, 0.2) is 12.2 Å². The van der Waals surface area contributed by atoms with Gasteiger partial charge >= 0.3 is 5.97 Å². The molecule has 0 aliphatic carbocycles. The van der Waals surface area contributed by atoms with Crippen LogP contribution in [0.4, 0.5) is 0 Å². The third-order valence-corrected chi connectivity index (χ3v) is 2.35. The number of carbonyl (C=O) groups is 2. The molecule has 5 nitrogen and oxygen atoms in total. The molecule has 1 aliphatic heterocycles. The monoisotopic (exact) mass is 212 g/mol. The zero-order valence-corrected chi connectivity index (χ0v) is 8.77. The molecule has 1 fully saturated rings. The third-order valence-electron chi connectivity index (χ3n) is 2.35. The first-order valence-corrected chi connectivity index (χ1v) is 4.98. The van der Waals surface area contributed by atoms with E-state index in [9.17, 15) is 9.59 Å². The lowest BCUT2D eigenvalue weighted by Gasteiger charge is -2.29. The van der Waals surface area contributed by atoms with Crippen LogP contribution in [0.3, 0.4) is 0 Å². The van der Waals surface area contributed by atoms with Crippen LogP contribution in [0, 0.1) is 0 Å². The molecule has 1 saturated heterocycles. The molecule has 0 aromatic heterocycles. The van der Waals surface area contributed by atoms with Crippen molar-refractivity contribution in [2.75, 3.05) is 20.1 Å². The van der Waals surface area contributed by atoms with Gasteiger partial charge in [-0.05, 0) is 26.4 Å². The Hall–Kier alpha value is -1.36. The van der Waals surface area contributed by atoms with Crippen LogP contribution >= 0.6 is 0 Å². The minimum atomic E-state index is -1.11. The number of rotatable bonds is 3. The van der Waals surface area contributed by atoms with E-state index in [2.05, 4.69) is 10.2 Å². The van der Waals surface area contributed by atoms with Crippen LogP contribution in [0.5, 0.6) is 0 Å². The molecule has 0 radical (unpaired) electrons. The van der Waals surface area contributed by atoms with Crippen molar-refractivity contribution in [3.05, 3.63) is 12.2 Å². The summed E-state index contributed by atoms with van der Waals surface area (Å²) in [4.78, 5) is 23.6. The quantitative estimate of drug-likeness (QED) is 0.638. The van der Waals surface area contributed by atoms with Gasteiger partial charge in [0.15, 0.2) is 0 Å². The smallest absolute Gasteiger partial charge is 0.328 e. The largest absolute Gasteiger partial charge is 0.478 e. The van der Waals surface area contributed by atoms with Gasteiger partial charge in [-0.2, -0.15) is 0 Å². The van der Waals surface area contributed by atoms with Crippen LogP contribution in [0.2, 0.25) is 0 Å². The van der Waals surface area contributed by atoms with Crippen molar-refractivity contribution >= 4 is 11.9 Å². The minimum Gasteiger partial charge on any atom is -0.478 e. The van der Waals surface area contributed by atoms with Crippen molar-refractivity contribution in [2.24, 2.45) is 0 Å². The Morgan fingerprint density at radius 2 is 2.20 bits per heavy atom. The lowest BCUT2D eigenvalue weighted by molar-refractivity contribution is -0.131. The minimum absolute atomic E-state index is 0.134. The molecule has 5 heteroatoms. The molecule has 0 bridgehead atoms. The fourth-order valence-electron chi connectivity index (χ4n) is 1.68. The molecule has 1 heterocycles. The summed E-state index contributed by atoms with van der Waals surface area (Å²) in [5, 5.41) is 11.1. The average molecular weight is 212 g/mol. The van der Waals surface area contributed by atoms with E-state index >= 15 is 0 Å². The second-order valence-corrected chi connectivity index (χ2v) is 3.78. The number of nitrogens with one attached hydrogen (secondary N) is 1. The topological polar surface area (TPSA) is 69.6 Å². The van der Waals surface area contributed by atoms with Gasteiger partial charge in [0.05, 0.1) is 0 Å². The Kier molecular flexibility index (Phi) is 4.30. The summed E-state index contributed by atoms with van der Waals surface area (Å²) in [5.74, 6) is -1.44. The number of hydrogen-bond acceptors (Lipinski definition) is 3. The van der Waals surface area contributed by atoms with E-state index < -0.39 is 5.97 Å². The van der Waals surface area contributed by atoms with Crippen molar-refractivity contribution in [1.82, 2.24) is 10.2 Å². The highest BCUT2D eigenvalue weighted by atomic mass is 16.4. The van der Waals surface area contributed by atoms with Gasteiger partial charge in [0.1, 0.15) is 0 Å². The van der Waals surface area contributed by atoms with Gasteiger partial charge < -0.3 is 15.3 Å². The Bertz CT molecular complexity index is 276. The maximum atomic E-state index is 11.2. The van der Waals surface area contributed by atoms with Gasteiger partial charge in [-0.15, -0.1) is 0 Å². The Morgan fingerprint density at radius 1 is 1.47 bits per heavy atom. The summed E-state index contributed by atoms with van der Waals surface area (Å²) in [7, 11) is 2.01. The summed E-state index contributed by atoms with van der Waals surface area (Å²) in [6, 6.07) is 0.134. The second-order valence-electron chi connectivity index (χ2n) is 3.78. The number of carboxylic acid groups (broad SMARTS) is 1. The van der Waals surface area contributed by atoms with E-state index in [0.29, 0.717) is 0 Å². The summed E-state index contributed by atoms with van der Waals surface area (Å²) in [5.41, 5.74) is 0. The molecule has 1 atom stereocenters. The van der Waals surface area contributed by atoms with Gasteiger partial charge in [0.25, 0.3) is 0 Å². The van der Waals surface area contributed by atoms with Crippen molar-refractivity contribution in [2.45, 2.75) is 18.9 Å². The number of likely N-dealkylation sites (tertiary alicyclic amines) is 1. The molecule has 1 unspecified atom stereocenters. The van der Waals surface area contributed by atoms with Gasteiger partial charge in [-0.1, -0.05) is 0 Å². The number of amides is 1. The number of carboxylic acids is 1. The van der Waals surface area contributed by atoms with E-state index in [1.807, 2.05) is 7.05 Å². The number of carbonyl (C=O) groups excluding carboxylic acids is 1. The molecular formula is C10H16N2O3. The number of hydrogen-bond donors (Lipinski definition) is 2. The Morgan fingerprint density at radius 3 is 2.80 bits per heavy atom. The molecule has 2 N–H and O–H groups in total. The summed E-state index contributed by atoms with van der Waals surface area (Å²) >= 11 is 0. The maximum Gasteiger partial charge on any atom is 0.328 e. The predicted molar refractivity (Wildman–Crippen MR) is 55.4 cm³/mol. The summed E-state index contributed by atoms with van der Waals surface area (Å²) in [6.45, 7) is 1.88. The van der Waals surface area contributed by atoms with Crippen molar-refractivity contribution in [1.29, 1.82) is 0 Å². The predicted octanol–water partition coefficient (Wildman–Crippen LogP) is -0.162. The van der Waals surface area contributed by atoms with Crippen LogP contribution in [0.25, 0.3) is 0 Å². The number of aliphatic carboxylic acids is 1. The lowest BCUT2D eigenvalue weighted by atomic mass is 10.1. The van der Waals surface area contributed by atoms with Gasteiger partial charge in [0.2, 0.25) is 5.91 Å². The summed E-state index contributed by atoms with van der Waals surface area (Å²) in [6.07, 6.45) is 3.92. The van der Waals surface area contributed by atoms with Crippen LogP contribution in [0.1, 0.15) is 12.8 Å². The molecule has 0 spiro atoms. The van der Waals surface area contributed by atoms with Crippen molar-refractivity contribution in [3.63, 3.8) is 0 Å². The Labute approximate surface area is 88.8 Å². The highest BCUT2D eigenvalue weighted by molar-refractivity contribution is 5.93. The molecule has 0 saturated carbocycles. The molecule has 0 aromatic rings. The van der Waals surface area contributed by atoms with Gasteiger partial charge in [0, 0.05) is 24.7 Å². The molecule has 15 heavy (non-hydrogen) atoms. The van der Waals surface area contributed by atoms with Crippen LogP contribution in [-0.2, 0) is 9.59 Å².